The maximum atomic E-state index is 12.8. The van der Waals surface area contributed by atoms with Crippen molar-refractivity contribution in [2.75, 3.05) is 31.1 Å². The van der Waals surface area contributed by atoms with E-state index in [1.807, 2.05) is 53.4 Å². The van der Waals surface area contributed by atoms with Gasteiger partial charge in [-0.2, -0.15) is 0 Å². The summed E-state index contributed by atoms with van der Waals surface area (Å²) >= 11 is 13.7. The average molecular weight is 489 g/mol. The van der Waals surface area contributed by atoms with Crippen molar-refractivity contribution in [3.63, 3.8) is 0 Å². The number of para-hydroxylation sites is 1. The molecule has 0 unspecified atom stereocenters. The summed E-state index contributed by atoms with van der Waals surface area (Å²) in [6.07, 6.45) is 0.0980. The number of nitrogens with one attached hydrogen (secondary N) is 1. The number of thioether (sulfide) groups is 1. The molecule has 0 radical (unpaired) electrons. The Bertz CT molecular complexity index is 1160. The molecule has 1 aromatic heterocycles. The van der Waals surface area contributed by atoms with Crippen LogP contribution in [0.4, 0.5) is 5.69 Å². The maximum absolute atomic E-state index is 12.8. The fourth-order valence-corrected chi connectivity index (χ4v) is 4.90. The Balaban J connectivity index is 1.35. The minimum absolute atomic E-state index is 0.0345. The van der Waals surface area contributed by atoms with E-state index >= 15 is 0 Å². The monoisotopic (exact) mass is 488 g/mol. The lowest BCUT2D eigenvalue weighted by Crippen LogP contribution is -2.49. The van der Waals surface area contributed by atoms with Crippen LogP contribution in [0.2, 0.25) is 10.0 Å². The first-order valence-corrected chi connectivity index (χ1v) is 12.0. The van der Waals surface area contributed by atoms with Gasteiger partial charge in [0.25, 0.3) is 5.56 Å². The molecule has 2 aromatic carbocycles. The highest BCUT2D eigenvalue weighted by Crippen LogP contribution is 2.26. The van der Waals surface area contributed by atoms with Crippen LogP contribution in [0, 0.1) is 0 Å². The van der Waals surface area contributed by atoms with Crippen LogP contribution in [-0.4, -0.2) is 47.0 Å². The van der Waals surface area contributed by atoms with E-state index in [1.165, 1.54) is 17.8 Å². The number of carbonyl (C=O) groups excluding carboxylic acids is 1. The lowest BCUT2D eigenvalue weighted by molar-refractivity contribution is -0.130. The van der Waals surface area contributed by atoms with Gasteiger partial charge in [0, 0.05) is 43.0 Å². The highest BCUT2D eigenvalue weighted by atomic mass is 35.5. The third-order valence-corrected chi connectivity index (χ3v) is 6.69. The molecule has 1 fully saturated rings. The number of aromatic amines is 1. The van der Waals surface area contributed by atoms with Crippen molar-refractivity contribution in [1.82, 2.24) is 14.9 Å². The van der Waals surface area contributed by atoms with Crippen LogP contribution in [0.5, 0.6) is 0 Å². The number of rotatable bonds is 6. The predicted molar refractivity (Wildman–Crippen MR) is 130 cm³/mol. The van der Waals surface area contributed by atoms with E-state index in [2.05, 4.69) is 14.9 Å². The van der Waals surface area contributed by atoms with Crippen LogP contribution in [0.1, 0.15) is 11.3 Å². The molecule has 1 aliphatic heterocycles. The number of nitrogens with zero attached hydrogens (tertiary/aromatic N) is 3. The molecular weight excluding hydrogens is 467 g/mol. The molecule has 0 spiro atoms. The van der Waals surface area contributed by atoms with E-state index in [0.717, 1.165) is 11.3 Å². The lowest BCUT2D eigenvalue weighted by Gasteiger charge is -2.36. The van der Waals surface area contributed by atoms with E-state index < -0.39 is 0 Å². The number of carbonyl (C=O) groups is 1. The number of hydrogen-bond donors (Lipinski definition) is 1. The molecular formula is C23H22Cl2N4O2S. The van der Waals surface area contributed by atoms with E-state index in [-0.39, 0.29) is 17.9 Å². The molecule has 0 atom stereocenters. The molecule has 1 saturated heterocycles. The second-order valence-corrected chi connectivity index (χ2v) is 9.26. The molecule has 4 rings (SSSR count). The topological polar surface area (TPSA) is 69.3 Å². The summed E-state index contributed by atoms with van der Waals surface area (Å²) in [4.78, 5) is 36.1. The first-order chi connectivity index (χ1) is 15.5. The average Bonchev–Trinajstić information content (AvgIpc) is 2.78. The SMILES string of the molecule is O=C(Cc1cc(=O)[nH]c(SCc2cccc(Cl)c2)n1)N1CCN(c2ccccc2Cl)CC1. The summed E-state index contributed by atoms with van der Waals surface area (Å²) in [7, 11) is 0. The molecule has 3 aromatic rings. The number of amides is 1. The maximum Gasteiger partial charge on any atom is 0.251 e. The van der Waals surface area contributed by atoms with Crippen molar-refractivity contribution in [2.24, 2.45) is 0 Å². The minimum Gasteiger partial charge on any atom is -0.367 e. The molecule has 0 aliphatic carbocycles. The Kier molecular flexibility index (Phi) is 7.40. The lowest BCUT2D eigenvalue weighted by atomic mass is 10.2. The number of piperazine rings is 1. The molecule has 32 heavy (non-hydrogen) atoms. The fraction of sp³-hybridized carbons (Fsp3) is 0.261. The van der Waals surface area contributed by atoms with Crippen LogP contribution in [0.3, 0.4) is 0 Å². The van der Waals surface area contributed by atoms with Gasteiger partial charge in [0.05, 0.1) is 22.8 Å². The van der Waals surface area contributed by atoms with Gasteiger partial charge in [0.2, 0.25) is 5.91 Å². The van der Waals surface area contributed by atoms with E-state index in [0.29, 0.717) is 52.8 Å². The second kappa shape index (κ2) is 10.4. The van der Waals surface area contributed by atoms with Crippen molar-refractivity contribution in [2.45, 2.75) is 17.3 Å². The highest BCUT2D eigenvalue weighted by Gasteiger charge is 2.23. The largest absolute Gasteiger partial charge is 0.367 e. The number of H-pyrrole nitrogens is 1. The Labute approximate surface area is 200 Å². The third kappa shape index (κ3) is 5.85. The Hall–Kier alpha value is -2.48. The quantitative estimate of drug-likeness (QED) is 0.414. The van der Waals surface area contributed by atoms with Crippen molar-refractivity contribution in [3.8, 4) is 0 Å². The number of halogens is 2. The van der Waals surface area contributed by atoms with Crippen molar-refractivity contribution in [3.05, 3.63) is 86.3 Å². The smallest absolute Gasteiger partial charge is 0.251 e. The van der Waals surface area contributed by atoms with Crippen LogP contribution >= 0.6 is 35.0 Å². The molecule has 6 nitrogen and oxygen atoms in total. The zero-order valence-corrected chi connectivity index (χ0v) is 19.6. The van der Waals surface area contributed by atoms with Gasteiger partial charge in [0.15, 0.2) is 5.16 Å². The van der Waals surface area contributed by atoms with Gasteiger partial charge in [-0.05, 0) is 29.8 Å². The molecule has 166 valence electrons. The summed E-state index contributed by atoms with van der Waals surface area (Å²) in [6, 6.07) is 16.7. The first kappa shape index (κ1) is 22.7. The third-order valence-electron chi connectivity index (χ3n) is 5.20. The molecule has 2 heterocycles. The summed E-state index contributed by atoms with van der Waals surface area (Å²) < 4.78 is 0. The van der Waals surface area contributed by atoms with E-state index in [4.69, 9.17) is 23.2 Å². The first-order valence-electron chi connectivity index (χ1n) is 10.2. The molecule has 9 heteroatoms. The van der Waals surface area contributed by atoms with Gasteiger partial charge in [-0.1, -0.05) is 59.2 Å². The van der Waals surface area contributed by atoms with Gasteiger partial charge in [-0.25, -0.2) is 4.98 Å². The second-order valence-electron chi connectivity index (χ2n) is 7.46. The summed E-state index contributed by atoms with van der Waals surface area (Å²) in [5, 5.41) is 1.87. The van der Waals surface area contributed by atoms with Crippen molar-refractivity contribution >= 4 is 46.6 Å². The zero-order valence-electron chi connectivity index (χ0n) is 17.3. The zero-order chi connectivity index (χ0) is 22.5. The molecule has 0 saturated carbocycles. The summed E-state index contributed by atoms with van der Waals surface area (Å²) in [5.74, 6) is 0.581. The number of aromatic nitrogens is 2. The molecule has 1 aliphatic rings. The minimum atomic E-state index is -0.264. The standard InChI is InChI=1S/C23H22Cl2N4O2S/c24-17-5-3-4-16(12-17)15-32-23-26-18(13-21(30)27-23)14-22(31)29-10-8-28(9-11-29)20-7-2-1-6-19(20)25/h1-7,12-13H,8-11,14-15H2,(H,26,27,30). The molecule has 1 N–H and O–H groups in total. The fourth-order valence-electron chi connectivity index (χ4n) is 3.59. The van der Waals surface area contributed by atoms with E-state index in [1.54, 1.807) is 0 Å². The number of anilines is 1. The molecule has 1 amide bonds. The Morgan fingerprint density at radius 1 is 1.03 bits per heavy atom. The highest BCUT2D eigenvalue weighted by molar-refractivity contribution is 7.98. The number of benzene rings is 2. The van der Waals surface area contributed by atoms with Gasteiger partial charge >= 0.3 is 0 Å². The van der Waals surface area contributed by atoms with Crippen molar-refractivity contribution in [1.29, 1.82) is 0 Å². The summed E-state index contributed by atoms with van der Waals surface area (Å²) in [6.45, 7) is 2.62. The molecule has 0 bridgehead atoms. The van der Waals surface area contributed by atoms with Gasteiger partial charge in [-0.3, -0.25) is 9.59 Å². The Morgan fingerprint density at radius 3 is 2.56 bits per heavy atom. The van der Waals surface area contributed by atoms with Gasteiger partial charge in [0.1, 0.15) is 0 Å². The predicted octanol–water partition coefficient (Wildman–Crippen LogP) is 4.26. The summed E-state index contributed by atoms with van der Waals surface area (Å²) in [5.41, 5.74) is 2.22. The Morgan fingerprint density at radius 2 is 1.81 bits per heavy atom. The van der Waals surface area contributed by atoms with Gasteiger partial charge < -0.3 is 14.8 Å². The van der Waals surface area contributed by atoms with E-state index in [9.17, 15) is 9.59 Å². The number of hydrogen-bond acceptors (Lipinski definition) is 5. The van der Waals surface area contributed by atoms with Crippen molar-refractivity contribution < 1.29 is 4.79 Å². The van der Waals surface area contributed by atoms with Crippen LogP contribution in [0.15, 0.2) is 64.5 Å². The van der Waals surface area contributed by atoms with Gasteiger partial charge in [-0.15, -0.1) is 0 Å². The normalized spacial score (nSPS) is 13.9. The van der Waals surface area contributed by atoms with Crippen LogP contribution < -0.4 is 10.5 Å². The van der Waals surface area contributed by atoms with Crippen LogP contribution in [-0.2, 0) is 17.0 Å². The van der Waals surface area contributed by atoms with Crippen LogP contribution in [0.25, 0.3) is 0 Å².